The summed E-state index contributed by atoms with van der Waals surface area (Å²) in [5.74, 6) is 0.848. The average Bonchev–Trinajstić information content (AvgIpc) is 2.74. The van der Waals surface area contributed by atoms with E-state index in [9.17, 15) is 5.11 Å². The molecule has 0 unspecified atom stereocenters. The van der Waals surface area contributed by atoms with Gasteiger partial charge in [0, 0.05) is 0 Å². The number of hydrogen-bond donors (Lipinski definition) is 1. The molecule has 0 bridgehead atoms. The van der Waals surface area contributed by atoms with Crippen molar-refractivity contribution in [3.05, 3.63) is 42.0 Å². The highest BCUT2D eigenvalue weighted by Gasteiger charge is 2.07. The van der Waals surface area contributed by atoms with Crippen LogP contribution in [0.4, 0.5) is 0 Å². The first-order valence-corrected chi connectivity index (χ1v) is 11.3. The highest BCUT2D eigenvalue weighted by Crippen LogP contribution is 2.14. The highest BCUT2D eigenvalue weighted by atomic mass is 16.5. The van der Waals surface area contributed by atoms with E-state index in [2.05, 4.69) is 19.1 Å². The third kappa shape index (κ3) is 13.0. The summed E-state index contributed by atoms with van der Waals surface area (Å²) in [6, 6.07) is 7.87. The number of allylic oxidation sites excluding steroid dienone is 2. The second kappa shape index (κ2) is 17.8. The molecule has 0 aliphatic rings. The summed E-state index contributed by atoms with van der Waals surface area (Å²) in [6.07, 6.45) is 19.8. The summed E-state index contributed by atoms with van der Waals surface area (Å²) in [7, 11) is 1.66. The Bertz CT molecular complexity index is 481. The van der Waals surface area contributed by atoms with E-state index in [0.29, 0.717) is 6.61 Å². The molecule has 0 saturated heterocycles. The predicted octanol–water partition coefficient (Wildman–Crippen LogP) is 6.83. The van der Waals surface area contributed by atoms with Gasteiger partial charge in [-0.05, 0) is 49.8 Å². The fraction of sp³-hybridized carbons (Fsp3) is 0.680. The lowest BCUT2D eigenvalue weighted by atomic mass is 10.1. The smallest absolute Gasteiger partial charge is 0.118 e. The van der Waals surface area contributed by atoms with E-state index < -0.39 is 0 Å². The number of unbranched alkanes of at least 4 members (excludes halogenated alkanes) is 9. The van der Waals surface area contributed by atoms with Crippen LogP contribution in [0.1, 0.15) is 89.5 Å². The van der Waals surface area contributed by atoms with Crippen molar-refractivity contribution in [2.45, 2.75) is 96.7 Å². The molecule has 0 saturated carbocycles. The van der Waals surface area contributed by atoms with Crippen LogP contribution in [0.25, 0.3) is 0 Å². The van der Waals surface area contributed by atoms with E-state index in [1.54, 1.807) is 7.11 Å². The molecule has 3 nitrogen and oxygen atoms in total. The fourth-order valence-corrected chi connectivity index (χ4v) is 3.26. The van der Waals surface area contributed by atoms with Crippen molar-refractivity contribution < 1.29 is 14.6 Å². The van der Waals surface area contributed by atoms with Crippen LogP contribution in [0, 0.1) is 0 Å². The van der Waals surface area contributed by atoms with Crippen LogP contribution in [0.2, 0.25) is 0 Å². The molecule has 160 valence electrons. The molecule has 1 aromatic rings. The number of aliphatic hydroxyl groups excluding tert-OH is 1. The molecular weight excluding hydrogens is 348 g/mol. The van der Waals surface area contributed by atoms with Crippen LogP contribution in [-0.4, -0.2) is 24.9 Å². The van der Waals surface area contributed by atoms with Gasteiger partial charge in [-0.25, -0.2) is 0 Å². The molecule has 0 fully saturated rings. The quantitative estimate of drug-likeness (QED) is 0.220. The molecule has 0 radical (unpaired) electrons. The summed E-state index contributed by atoms with van der Waals surface area (Å²) in [6.45, 7) is 2.88. The molecular formula is C25H42O3. The second-order valence-electron chi connectivity index (χ2n) is 7.63. The van der Waals surface area contributed by atoms with Gasteiger partial charge in [-0.2, -0.15) is 0 Å². The zero-order valence-electron chi connectivity index (χ0n) is 18.2. The van der Waals surface area contributed by atoms with E-state index >= 15 is 0 Å². The van der Waals surface area contributed by atoms with Gasteiger partial charge >= 0.3 is 0 Å². The molecule has 0 amide bonds. The number of rotatable bonds is 18. The zero-order chi connectivity index (χ0) is 20.3. The van der Waals surface area contributed by atoms with E-state index in [1.807, 2.05) is 24.3 Å². The van der Waals surface area contributed by atoms with E-state index in [1.165, 1.54) is 57.8 Å². The minimum Gasteiger partial charge on any atom is -0.497 e. The van der Waals surface area contributed by atoms with Gasteiger partial charge in [0.15, 0.2) is 0 Å². The van der Waals surface area contributed by atoms with Gasteiger partial charge in [-0.3, -0.25) is 0 Å². The van der Waals surface area contributed by atoms with E-state index in [-0.39, 0.29) is 12.7 Å². The van der Waals surface area contributed by atoms with Crippen LogP contribution in [0.5, 0.6) is 5.75 Å². The van der Waals surface area contributed by atoms with Crippen molar-refractivity contribution in [2.75, 3.05) is 13.7 Å². The molecule has 1 N–H and O–H groups in total. The molecule has 0 heterocycles. The molecule has 0 aliphatic heterocycles. The Labute approximate surface area is 173 Å². The van der Waals surface area contributed by atoms with Gasteiger partial charge in [0.2, 0.25) is 0 Å². The normalized spacial score (nSPS) is 12.5. The van der Waals surface area contributed by atoms with Gasteiger partial charge in [-0.1, -0.05) is 76.2 Å². The Kier molecular flexibility index (Phi) is 15.7. The second-order valence-corrected chi connectivity index (χ2v) is 7.63. The summed E-state index contributed by atoms with van der Waals surface area (Å²) in [4.78, 5) is 0. The van der Waals surface area contributed by atoms with Crippen LogP contribution in [0.15, 0.2) is 36.4 Å². The number of methoxy groups -OCH3 is 1. The molecule has 1 aromatic carbocycles. The minimum absolute atomic E-state index is 0.0804. The van der Waals surface area contributed by atoms with Gasteiger partial charge in [-0.15, -0.1) is 0 Å². The van der Waals surface area contributed by atoms with Crippen molar-refractivity contribution in [3.63, 3.8) is 0 Å². The number of aliphatic hydroxyl groups is 1. The minimum atomic E-state index is -0.0804. The molecule has 0 aromatic heterocycles. The summed E-state index contributed by atoms with van der Waals surface area (Å²) >= 11 is 0. The Morgan fingerprint density at radius 3 is 2.07 bits per heavy atom. The maximum Gasteiger partial charge on any atom is 0.118 e. The van der Waals surface area contributed by atoms with Crippen molar-refractivity contribution >= 4 is 0 Å². The monoisotopic (exact) mass is 390 g/mol. The third-order valence-electron chi connectivity index (χ3n) is 5.14. The van der Waals surface area contributed by atoms with Gasteiger partial charge in [0.1, 0.15) is 5.75 Å². The van der Waals surface area contributed by atoms with Gasteiger partial charge < -0.3 is 14.6 Å². The maximum atomic E-state index is 9.51. The standard InChI is InChI=1S/C25H42O3/c1-3-4-5-6-7-8-9-10-11-12-13-14-15-16-25(21-26)28-22-23-17-19-24(27-2)20-18-23/h12-13,17-20,25-26H,3-11,14-16,21-22H2,1-2H3/b13-12-/t25-/m1/s1. The van der Waals surface area contributed by atoms with Crippen molar-refractivity contribution in [3.8, 4) is 5.75 Å². The molecule has 1 atom stereocenters. The fourth-order valence-electron chi connectivity index (χ4n) is 3.26. The Hall–Kier alpha value is -1.32. The molecule has 0 aliphatic carbocycles. The first-order chi connectivity index (χ1) is 13.8. The average molecular weight is 391 g/mol. The van der Waals surface area contributed by atoms with Gasteiger partial charge in [0.05, 0.1) is 26.4 Å². The Morgan fingerprint density at radius 1 is 0.857 bits per heavy atom. The van der Waals surface area contributed by atoms with Crippen molar-refractivity contribution in [1.82, 2.24) is 0 Å². The van der Waals surface area contributed by atoms with Crippen molar-refractivity contribution in [2.24, 2.45) is 0 Å². The maximum absolute atomic E-state index is 9.51. The van der Waals surface area contributed by atoms with Crippen LogP contribution >= 0.6 is 0 Å². The van der Waals surface area contributed by atoms with Gasteiger partial charge in [0.25, 0.3) is 0 Å². The van der Waals surface area contributed by atoms with Crippen molar-refractivity contribution in [1.29, 1.82) is 0 Å². The number of benzene rings is 1. The number of ether oxygens (including phenoxy) is 2. The lowest BCUT2D eigenvalue weighted by Crippen LogP contribution is -2.17. The topological polar surface area (TPSA) is 38.7 Å². The Balaban J connectivity index is 1.99. The summed E-state index contributed by atoms with van der Waals surface area (Å²) < 4.78 is 11.0. The predicted molar refractivity (Wildman–Crippen MR) is 119 cm³/mol. The summed E-state index contributed by atoms with van der Waals surface area (Å²) in [5, 5.41) is 9.51. The zero-order valence-corrected chi connectivity index (χ0v) is 18.2. The third-order valence-corrected chi connectivity index (χ3v) is 5.14. The summed E-state index contributed by atoms with van der Waals surface area (Å²) in [5.41, 5.74) is 1.10. The first kappa shape index (κ1) is 24.7. The highest BCUT2D eigenvalue weighted by molar-refractivity contribution is 5.26. The molecule has 28 heavy (non-hydrogen) atoms. The Morgan fingerprint density at radius 2 is 1.46 bits per heavy atom. The van der Waals surface area contributed by atoms with Crippen LogP contribution in [0.3, 0.4) is 0 Å². The molecule has 0 spiro atoms. The van der Waals surface area contributed by atoms with E-state index in [0.717, 1.165) is 30.6 Å². The SMILES string of the molecule is CCCCCCCCCC/C=C\CCC[C@H](CO)OCc1ccc(OC)cc1. The number of hydrogen-bond acceptors (Lipinski definition) is 3. The van der Waals surface area contributed by atoms with E-state index in [4.69, 9.17) is 9.47 Å². The molecule has 1 rings (SSSR count). The lowest BCUT2D eigenvalue weighted by molar-refractivity contribution is -0.00301. The van der Waals surface area contributed by atoms with Crippen LogP contribution in [-0.2, 0) is 11.3 Å². The lowest BCUT2D eigenvalue weighted by Gasteiger charge is -2.15. The van der Waals surface area contributed by atoms with Crippen LogP contribution < -0.4 is 4.74 Å². The molecule has 3 heteroatoms. The largest absolute Gasteiger partial charge is 0.497 e. The first-order valence-electron chi connectivity index (χ1n) is 11.3.